The second-order valence-electron chi connectivity index (χ2n) is 15.0. The van der Waals surface area contributed by atoms with E-state index in [1.807, 2.05) is 0 Å². The number of ether oxygens (including phenoxy) is 1. The van der Waals surface area contributed by atoms with Gasteiger partial charge in [0.2, 0.25) is 0 Å². The Morgan fingerprint density at radius 2 is 1.79 bits per heavy atom. The molecule has 240 valence electrons. The van der Waals surface area contributed by atoms with Crippen LogP contribution in [0.4, 0.5) is 0 Å². The maximum absolute atomic E-state index is 11.0. The van der Waals surface area contributed by atoms with E-state index in [-0.39, 0.29) is 18.4 Å². The number of aliphatic hydroxyl groups is 2. The van der Waals surface area contributed by atoms with Gasteiger partial charge < -0.3 is 26.4 Å². The topological polar surface area (TPSA) is 168 Å². The second kappa shape index (κ2) is 12.0. The molecule has 0 aromatic rings. The minimum atomic E-state index is -0.956. The average Bonchev–Trinajstić information content (AvgIpc) is 3.33. The van der Waals surface area contributed by atoms with Crippen LogP contribution in [0.2, 0.25) is 0 Å². The van der Waals surface area contributed by atoms with Crippen molar-refractivity contribution in [2.45, 2.75) is 145 Å². The predicted molar refractivity (Wildman–Crippen MR) is 160 cm³/mol. The van der Waals surface area contributed by atoms with Crippen LogP contribution in [0.5, 0.6) is 0 Å². The predicted octanol–water partition coefficient (Wildman–Crippen LogP) is -1.51. The molecular formula is C30H57N9O3. The van der Waals surface area contributed by atoms with E-state index in [9.17, 15) is 10.2 Å². The van der Waals surface area contributed by atoms with E-state index in [1.165, 1.54) is 57.8 Å². The second-order valence-corrected chi connectivity index (χ2v) is 15.0. The summed E-state index contributed by atoms with van der Waals surface area (Å²) < 4.78 is 6.40. The van der Waals surface area contributed by atoms with Gasteiger partial charge >= 0.3 is 0 Å². The number of hydrogen-bond acceptors (Lipinski definition) is 12. The molecule has 11 N–H and O–H groups in total. The van der Waals surface area contributed by atoms with Crippen LogP contribution in [0, 0.1) is 17.3 Å². The van der Waals surface area contributed by atoms with Gasteiger partial charge in [0.25, 0.3) is 0 Å². The van der Waals surface area contributed by atoms with Crippen LogP contribution in [-0.2, 0) is 4.74 Å². The molecule has 42 heavy (non-hydrogen) atoms. The smallest absolute Gasteiger partial charge is 0.142 e. The molecule has 0 radical (unpaired) electrons. The van der Waals surface area contributed by atoms with Crippen molar-refractivity contribution in [3.8, 4) is 0 Å². The van der Waals surface area contributed by atoms with Gasteiger partial charge in [-0.2, -0.15) is 0 Å². The fourth-order valence-corrected chi connectivity index (χ4v) is 9.39. The highest BCUT2D eigenvalue weighted by Crippen LogP contribution is 2.55. The standard InChI is InChI=1S/C30H57N9O3/c1-16(2)38(12-22-25(40)26(41)29(42-22)39-15-35-24-27(32)33-14-34-28(24)39)19-9-17(10-19)3-6-23-36-20-5-4-18(11-21(20)37-23)30(13-31)7-8-30/h16-29,33-37,40-41H,3-15,31-32H2,1-2H3/t17?,18?,19?,20?,21?,22-,23?,24?,25-,26-,27?,28?,29-/m1/s1. The van der Waals surface area contributed by atoms with Crippen LogP contribution in [-0.4, -0.2) is 120 Å². The maximum Gasteiger partial charge on any atom is 0.142 e. The minimum absolute atomic E-state index is 0.0198. The first-order chi connectivity index (χ1) is 20.3. The largest absolute Gasteiger partial charge is 0.387 e. The van der Waals surface area contributed by atoms with Crippen LogP contribution in [0.15, 0.2) is 0 Å². The summed E-state index contributed by atoms with van der Waals surface area (Å²) in [5.74, 6) is 1.56. The summed E-state index contributed by atoms with van der Waals surface area (Å²) in [6.07, 6.45) is 8.80. The van der Waals surface area contributed by atoms with Crippen molar-refractivity contribution < 1.29 is 14.9 Å². The molecule has 0 bridgehead atoms. The number of nitrogens with one attached hydrogen (secondary N) is 5. The van der Waals surface area contributed by atoms with E-state index in [2.05, 4.69) is 50.2 Å². The van der Waals surface area contributed by atoms with Crippen molar-refractivity contribution in [2.75, 3.05) is 26.4 Å². The van der Waals surface area contributed by atoms with Gasteiger partial charge in [-0.25, -0.2) is 4.90 Å². The van der Waals surface area contributed by atoms with Gasteiger partial charge in [-0.1, -0.05) is 0 Å². The highest BCUT2D eigenvalue weighted by atomic mass is 16.6. The van der Waals surface area contributed by atoms with Crippen molar-refractivity contribution in [1.82, 2.24) is 36.4 Å². The molecular weight excluding hydrogens is 534 g/mol. The van der Waals surface area contributed by atoms with Gasteiger partial charge in [-0.3, -0.25) is 31.5 Å². The number of nitrogens with two attached hydrogens (primary N) is 2. The number of rotatable bonds is 10. The molecule has 7 aliphatic rings. The lowest BCUT2D eigenvalue weighted by atomic mass is 9.74. The Labute approximate surface area is 251 Å². The quantitative estimate of drug-likeness (QED) is 0.144. The van der Waals surface area contributed by atoms with E-state index < -0.39 is 24.5 Å². The molecule has 4 saturated heterocycles. The summed E-state index contributed by atoms with van der Waals surface area (Å²) in [5, 5.41) is 40.0. The SMILES string of the molecule is CC(C)N(C[C@H]1O[C@@H](N2CNC3C(N)NCNC32)[C@H](O)[C@@H]1O)C1CC(CCC2NC3CCC(C4(CN)CC4)CC3N2)C1. The third-order valence-corrected chi connectivity index (χ3v) is 12.4. The summed E-state index contributed by atoms with van der Waals surface area (Å²) in [5.41, 5.74) is 12.9. The van der Waals surface area contributed by atoms with Gasteiger partial charge in [0, 0.05) is 37.4 Å². The summed E-state index contributed by atoms with van der Waals surface area (Å²) >= 11 is 0. The van der Waals surface area contributed by atoms with Crippen LogP contribution in [0.1, 0.15) is 71.6 Å². The molecule has 0 aromatic carbocycles. The Bertz CT molecular complexity index is 936. The molecule has 11 atom stereocenters. The third kappa shape index (κ3) is 5.58. The van der Waals surface area contributed by atoms with Crippen LogP contribution < -0.4 is 38.1 Å². The lowest BCUT2D eigenvalue weighted by Crippen LogP contribution is -2.68. The zero-order valence-corrected chi connectivity index (χ0v) is 25.6. The number of hydrogen-bond donors (Lipinski definition) is 9. The molecule has 12 heteroatoms. The first-order valence-electron chi connectivity index (χ1n) is 17.0. The van der Waals surface area contributed by atoms with Crippen LogP contribution in [0.25, 0.3) is 0 Å². The molecule has 3 saturated carbocycles. The minimum Gasteiger partial charge on any atom is -0.387 e. The number of aliphatic hydroxyl groups excluding tert-OH is 2. The highest BCUT2D eigenvalue weighted by Gasteiger charge is 2.53. The summed E-state index contributed by atoms with van der Waals surface area (Å²) in [6, 6.07) is 2.12. The van der Waals surface area contributed by atoms with Gasteiger partial charge in [0.1, 0.15) is 24.5 Å². The Balaban J connectivity index is 0.870. The molecule has 0 spiro atoms. The van der Waals surface area contributed by atoms with E-state index in [0.29, 0.717) is 55.6 Å². The van der Waals surface area contributed by atoms with Crippen molar-refractivity contribution in [1.29, 1.82) is 0 Å². The highest BCUT2D eigenvalue weighted by molar-refractivity contribution is 5.07. The van der Waals surface area contributed by atoms with E-state index in [4.69, 9.17) is 16.2 Å². The Hall–Kier alpha value is -0.480. The van der Waals surface area contributed by atoms with Crippen molar-refractivity contribution >= 4 is 0 Å². The zero-order valence-electron chi connectivity index (χ0n) is 25.6. The summed E-state index contributed by atoms with van der Waals surface area (Å²) in [4.78, 5) is 4.57. The third-order valence-electron chi connectivity index (χ3n) is 12.4. The van der Waals surface area contributed by atoms with E-state index >= 15 is 0 Å². The van der Waals surface area contributed by atoms with Crippen molar-refractivity contribution in [3.63, 3.8) is 0 Å². The Morgan fingerprint density at radius 3 is 2.52 bits per heavy atom. The fraction of sp³-hybridized carbons (Fsp3) is 1.00. The maximum atomic E-state index is 11.0. The number of fused-ring (bicyclic) bond motifs is 2. The lowest BCUT2D eigenvalue weighted by Gasteiger charge is -2.46. The first-order valence-corrected chi connectivity index (χ1v) is 17.0. The molecule has 0 aromatic heterocycles. The van der Waals surface area contributed by atoms with Crippen molar-refractivity contribution in [2.24, 2.45) is 28.7 Å². The van der Waals surface area contributed by atoms with Gasteiger partial charge in [0.15, 0.2) is 0 Å². The Kier molecular flexibility index (Phi) is 8.65. The fourth-order valence-electron chi connectivity index (χ4n) is 9.39. The molecule has 0 amide bonds. The monoisotopic (exact) mass is 591 g/mol. The van der Waals surface area contributed by atoms with Gasteiger partial charge in [-0.05, 0) is 95.4 Å². The molecule has 3 aliphatic carbocycles. The zero-order chi connectivity index (χ0) is 29.2. The van der Waals surface area contributed by atoms with E-state index in [0.717, 1.165) is 18.4 Å². The molecule has 4 heterocycles. The molecule has 7 unspecified atom stereocenters. The molecule has 12 nitrogen and oxygen atoms in total. The summed E-state index contributed by atoms with van der Waals surface area (Å²) in [7, 11) is 0. The first kappa shape index (κ1) is 30.2. The van der Waals surface area contributed by atoms with Gasteiger partial charge in [-0.15, -0.1) is 0 Å². The Morgan fingerprint density at radius 1 is 1.00 bits per heavy atom. The normalized spacial score (nSPS) is 48.4. The molecule has 7 rings (SSSR count). The molecule has 7 fully saturated rings. The van der Waals surface area contributed by atoms with Crippen LogP contribution in [0.3, 0.4) is 0 Å². The van der Waals surface area contributed by atoms with E-state index in [1.54, 1.807) is 0 Å². The van der Waals surface area contributed by atoms with Crippen molar-refractivity contribution in [3.05, 3.63) is 0 Å². The average molecular weight is 592 g/mol. The molecule has 4 aliphatic heterocycles. The number of nitrogens with zero attached hydrogens (tertiary/aromatic N) is 2. The van der Waals surface area contributed by atoms with Crippen LogP contribution >= 0.6 is 0 Å². The summed E-state index contributed by atoms with van der Waals surface area (Å²) in [6.45, 7) is 7.12. The van der Waals surface area contributed by atoms with Gasteiger partial charge in [0.05, 0.1) is 31.2 Å². The lowest BCUT2D eigenvalue weighted by molar-refractivity contribution is -0.112.